The molecule has 104 valence electrons. The largest absolute Gasteiger partial charge is 0.317 e. The van der Waals surface area contributed by atoms with Gasteiger partial charge in [-0.25, -0.2) is 0 Å². The smallest absolute Gasteiger partial charge is 0.167 e. The maximum atomic E-state index is 6.11. The Morgan fingerprint density at radius 3 is 2.80 bits per heavy atom. The molecule has 3 rings (SSSR count). The fourth-order valence-electron chi connectivity index (χ4n) is 2.27. The number of alkyl halides is 1. The number of dihydropyridines is 1. The Labute approximate surface area is 125 Å². The average Bonchev–Trinajstić information content (AvgIpc) is 2.93. The summed E-state index contributed by atoms with van der Waals surface area (Å²) < 4.78 is 3.63. The molecule has 0 aromatic carbocycles. The van der Waals surface area contributed by atoms with E-state index in [-0.39, 0.29) is 5.50 Å². The van der Waals surface area contributed by atoms with Gasteiger partial charge in [-0.15, -0.1) is 10.2 Å². The van der Waals surface area contributed by atoms with E-state index in [1.165, 1.54) is 0 Å². The van der Waals surface area contributed by atoms with E-state index in [0.717, 1.165) is 22.7 Å². The fraction of sp³-hybridized carbons (Fsp3) is 0.333. The van der Waals surface area contributed by atoms with Crippen molar-refractivity contribution in [2.24, 2.45) is 19.1 Å². The molecular formula is C12H12Cl2N6. The van der Waals surface area contributed by atoms with E-state index in [0.29, 0.717) is 11.6 Å². The maximum Gasteiger partial charge on any atom is 0.167 e. The van der Waals surface area contributed by atoms with Crippen molar-refractivity contribution in [2.45, 2.75) is 11.9 Å². The number of aromatic nitrogens is 5. The maximum absolute atomic E-state index is 6.11. The molecule has 0 saturated carbocycles. The van der Waals surface area contributed by atoms with Crippen LogP contribution in [0, 0.1) is 0 Å². The standard InChI is InChI=1S/C12H12Cl2N6/c1-19-6-15-18-12(19)8-5-16-20(2)11(8)7-3-9(13)17-10(14)4-7/h3,5-6,10H,4H2,1-2H3. The van der Waals surface area contributed by atoms with Crippen LogP contribution in [0.4, 0.5) is 0 Å². The fourth-order valence-corrected chi connectivity index (χ4v) is 2.85. The van der Waals surface area contributed by atoms with Crippen LogP contribution in [0.2, 0.25) is 0 Å². The number of rotatable bonds is 2. The zero-order chi connectivity index (χ0) is 14.3. The SMILES string of the molecule is Cn1cnnc1-c1cnn(C)c1C1=CC(Cl)=NC(Cl)C1. The molecule has 0 radical (unpaired) electrons. The number of hydrogen-bond donors (Lipinski definition) is 0. The van der Waals surface area contributed by atoms with Gasteiger partial charge in [0.25, 0.3) is 0 Å². The van der Waals surface area contributed by atoms with Crippen LogP contribution in [0.25, 0.3) is 17.0 Å². The van der Waals surface area contributed by atoms with Gasteiger partial charge in [0.1, 0.15) is 17.0 Å². The Balaban J connectivity index is 2.14. The van der Waals surface area contributed by atoms with Gasteiger partial charge in [-0.3, -0.25) is 9.67 Å². The van der Waals surface area contributed by atoms with Crippen molar-refractivity contribution in [3.63, 3.8) is 0 Å². The van der Waals surface area contributed by atoms with Crippen molar-refractivity contribution in [2.75, 3.05) is 0 Å². The summed E-state index contributed by atoms with van der Waals surface area (Å²) in [5.41, 5.74) is 2.46. The Morgan fingerprint density at radius 2 is 2.15 bits per heavy atom. The van der Waals surface area contributed by atoms with E-state index < -0.39 is 0 Å². The van der Waals surface area contributed by atoms with Gasteiger partial charge in [-0.1, -0.05) is 23.2 Å². The first-order valence-corrected chi connectivity index (χ1v) is 6.82. The van der Waals surface area contributed by atoms with E-state index in [1.54, 1.807) is 17.2 Å². The van der Waals surface area contributed by atoms with Gasteiger partial charge in [-0.2, -0.15) is 5.10 Å². The third kappa shape index (κ3) is 2.25. The summed E-state index contributed by atoms with van der Waals surface area (Å²) in [6.45, 7) is 0. The molecule has 0 N–H and O–H groups in total. The highest BCUT2D eigenvalue weighted by molar-refractivity contribution is 6.69. The number of hydrogen-bond acceptors (Lipinski definition) is 4. The lowest BCUT2D eigenvalue weighted by Crippen LogP contribution is -2.09. The van der Waals surface area contributed by atoms with E-state index in [4.69, 9.17) is 23.2 Å². The summed E-state index contributed by atoms with van der Waals surface area (Å²) in [6, 6.07) is 0. The summed E-state index contributed by atoms with van der Waals surface area (Å²) >= 11 is 12.1. The third-order valence-electron chi connectivity index (χ3n) is 3.14. The lowest BCUT2D eigenvalue weighted by molar-refractivity contribution is 0.749. The molecule has 2 aromatic rings. The third-order valence-corrected chi connectivity index (χ3v) is 3.60. The van der Waals surface area contributed by atoms with Gasteiger partial charge in [-0.05, 0) is 11.6 Å². The minimum Gasteiger partial charge on any atom is -0.317 e. The molecule has 20 heavy (non-hydrogen) atoms. The number of nitrogens with zero attached hydrogens (tertiary/aromatic N) is 6. The van der Waals surface area contributed by atoms with Crippen molar-refractivity contribution >= 4 is 33.9 Å². The molecule has 1 aliphatic rings. The average molecular weight is 311 g/mol. The van der Waals surface area contributed by atoms with Crippen molar-refractivity contribution in [3.05, 3.63) is 24.3 Å². The summed E-state index contributed by atoms with van der Waals surface area (Å²) in [5.74, 6) is 0.749. The number of aliphatic imine (C=N–C) groups is 1. The molecule has 0 fully saturated rings. The molecule has 3 heterocycles. The van der Waals surface area contributed by atoms with E-state index in [9.17, 15) is 0 Å². The summed E-state index contributed by atoms with van der Waals surface area (Å²) in [7, 11) is 3.76. The molecule has 0 bridgehead atoms. The van der Waals surface area contributed by atoms with Crippen LogP contribution in [0.3, 0.4) is 0 Å². The van der Waals surface area contributed by atoms with Crippen LogP contribution in [0.5, 0.6) is 0 Å². The van der Waals surface area contributed by atoms with Crippen LogP contribution in [-0.2, 0) is 14.1 Å². The second-order valence-corrected chi connectivity index (χ2v) is 5.45. The zero-order valence-corrected chi connectivity index (χ0v) is 12.5. The van der Waals surface area contributed by atoms with Crippen molar-refractivity contribution in [1.29, 1.82) is 0 Å². The highest BCUT2D eigenvalue weighted by Crippen LogP contribution is 2.33. The van der Waals surface area contributed by atoms with Crippen molar-refractivity contribution < 1.29 is 0 Å². The lowest BCUT2D eigenvalue weighted by atomic mass is 10.0. The predicted octanol–water partition coefficient (Wildman–Crippen LogP) is 2.20. The Kier molecular flexibility index (Phi) is 3.35. The molecular weight excluding hydrogens is 299 g/mol. The van der Waals surface area contributed by atoms with E-state index in [2.05, 4.69) is 20.3 Å². The number of allylic oxidation sites excluding steroid dienone is 1. The molecule has 0 aliphatic carbocycles. The molecule has 6 nitrogen and oxygen atoms in total. The first-order valence-electron chi connectivity index (χ1n) is 6.01. The quantitative estimate of drug-likeness (QED) is 0.631. The van der Waals surface area contributed by atoms with Gasteiger partial charge in [0, 0.05) is 20.5 Å². The molecule has 0 spiro atoms. The molecule has 0 saturated heterocycles. The number of halogens is 2. The van der Waals surface area contributed by atoms with Crippen LogP contribution in [0.15, 0.2) is 23.6 Å². The first-order chi connectivity index (χ1) is 9.56. The molecule has 0 amide bonds. The topological polar surface area (TPSA) is 60.9 Å². The van der Waals surface area contributed by atoms with Crippen molar-refractivity contribution in [3.8, 4) is 11.4 Å². The monoisotopic (exact) mass is 310 g/mol. The summed E-state index contributed by atoms with van der Waals surface area (Å²) in [6.07, 6.45) is 5.84. The lowest BCUT2D eigenvalue weighted by Gasteiger charge is -2.16. The van der Waals surface area contributed by atoms with Gasteiger partial charge in [0.15, 0.2) is 5.82 Å². The Hall–Kier alpha value is -1.66. The minimum absolute atomic E-state index is 0.357. The van der Waals surface area contributed by atoms with Gasteiger partial charge in [0.2, 0.25) is 0 Å². The molecule has 8 heteroatoms. The normalized spacial score (nSPS) is 18.9. The highest BCUT2D eigenvalue weighted by atomic mass is 35.5. The number of aryl methyl sites for hydroxylation is 2. The highest BCUT2D eigenvalue weighted by Gasteiger charge is 2.22. The van der Waals surface area contributed by atoms with Crippen molar-refractivity contribution in [1.82, 2.24) is 24.5 Å². The Morgan fingerprint density at radius 1 is 1.35 bits per heavy atom. The van der Waals surface area contributed by atoms with Crippen LogP contribution in [0.1, 0.15) is 12.1 Å². The van der Waals surface area contributed by atoms with E-state index in [1.807, 2.05) is 24.7 Å². The molecule has 2 aromatic heterocycles. The van der Waals surface area contributed by atoms with Crippen LogP contribution in [-0.4, -0.2) is 35.2 Å². The van der Waals surface area contributed by atoms with Crippen LogP contribution < -0.4 is 0 Å². The van der Waals surface area contributed by atoms with Crippen LogP contribution >= 0.6 is 23.2 Å². The Bertz CT molecular complexity index is 711. The molecule has 1 aliphatic heterocycles. The van der Waals surface area contributed by atoms with E-state index >= 15 is 0 Å². The summed E-state index contributed by atoms with van der Waals surface area (Å²) in [4.78, 5) is 4.09. The molecule has 1 unspecified atom stereocenters. The minimum atomic E-state index is -0.357. The second kappa shape index (κ2) is 5.03. The predicted molar refractivity (Wildman–Crippen MR) is 78.7 cm³/mol. The zero-order valence-electron chi connectivity index (χ0n) is 11.0. The summed E-state index contributed by atoms with van der Waals surface area (Å²) in [5, 5.41) is 12.7. The second-order valence-electron chi connectivity index (χ2n) is 4.56. The first kappa shape index (κ1) is 13.3. The molecule has 1 atom stereocenters. The van der Waals surface area contributed by atoms with Gasteiger partial charge in [0.05, 0.1) is 17.5 Å². The van der Waals surface area contributed by atoms with Gasteiger partial charge >= 0.3 is 0 Å². The van der Waals surface area contributed by atoms with Gasteiger partial charge < -0.3 is 4.57 Å².